The third kappa shape index (κ3) is 3.14. The molecule has 0 saturated heterocycles. The highest BCUT2D eigenvalue weighted by molar-refractivity contribution is 5.97. The number of H-pyrrole nitrogens is 1. The summed E-state index contributed by atoms with van der Waals surface area (Å²) in [4.78, 5) is 19.5. The summed E-state index contributed by atoms with van der Waals surface area (Å²) in [5.74, 6) is -0.815. The second kappa shape index (κ2) is 6.80. The van der Waals surface area contributed by atoms with Crippen LogP contribution >= 0.6 is 0 Å². The minimum Gasteiger partial charge on any atom is -0.386 e. The van der Waals surface area contributed by atoms with E-state index in [0.717, 1.165) is 11.0 Å². The van der Waals surface area contributed by atoms with E-state index in [1.165, 1.54) is 12.1 Å². The van der Waals surface area contributed by atoms with Crippen molar-refractivity contribution in [3.8, 4) is 0 Å². The van der Waals surface area contributed by atoms with E-state index in [0.29, 0.717) is 12.0 Å². The maximum Gasteiger partial charge on any atom is 0.251 e. The lowest BCUT2D eigenvalue weighted by atomic mass is 9.99. The average molecular weight is 327 g/mol. The Balaban J connectivity index is 1.79. The van der Waals surface area contributed by atoms with Gasteiger partial charge in [0, 0.05) is 11.1 Å². The summed E-state index contributed by atoms with van der Waals surface area (Å²) < 4.78 is 13.9. The van der Waals surface area contributed by atoms with E-state index in [2.05, 4.69) is 15.3 Å². The zero-order valence-corrected chi connectivity index (χ0v) is 13.2. The van der Waals surface area contributed by atoms with Gasteiger partial charge in [0.2, 0.25) is 0 Å². The SMILES string of the molecule is CC[C@H](NC(=O)c1ccc2nc[nH]c2c1)[C@@H](O)c1ccccc1F. The van der Waals surface area contributed by atoms with Crippen LogP contribution in [0, 0.1) is 5.82 Å². The van der Waals surface area contributed by atoms with Crippen molar-refractivity contribution < 1.29 is 14.3 Å². The van der Waals surface area contributed by atoms with Crippen LogP contribution in [0.4, 0.5) is 4.39 Å². The first-order valence-electron chi connectivity index (χ1n) is 7.76. The summed E-state index contributed by atoms with van der Waals surface area (Å²) >= 11 is 0. The number of carbonyl (C=O) groups is 1. The number of amides is 1. The summed E-state index contributed by atoms with van der Waals surface area (Å²) in [6, 6.07) is 10.5. The fraction of sp³-hybridized carbons (Fsp3) is 0.222. The van der Waals surface area contributed by atoms with E-state index < -0.39 is 18.0 Å². The number of rotatable bonds is 5. The van der Waals surface area contributed by atoms with Crippen LogP contribution in [0.2, 0.25) is 0 Å². The molecule has 0 spiro atoms. The number of aromatic amines is 1. The van der Waals surface area contributed by atoms with Gasteiger partial charge < -0.3 is 15.4 Å². The molecule has 0 aliphatic rings. The molecule has 24 heavy (non-hydrogen) atoms. The quantitative estimate of drug-likeness (QED) is 0.674. The number of carbonyl (C=O) groups excluding carboxylic acids is 1. The lowest BCUT2D eigenvalue weighted by Gasteiger charge is -2.23. The molecule has 1 amide bonds. The molecule has 3 aromatic rings. The molecule has 1 aromatic heterocycles. The lowest BCUT2D eigenvalue weighted by Crippen LogP contribution is -2.39. The summed E-state index contributed by atoms with van der Waals surface area (Å²) in [5, 5.41) is 13.2. The van der Waals surface area contributed by atoms with Crippen molar-refractivity contribution in [3.63, 3.8) is 0 Å². The van der Waals surface area contributed by atoms with Crippen LogP contribution < -0.4 is 5.32 Å². The number of aromatic nitrogens is 2. The van der Waals surface area contributed by atoms with Crippen molar-refractivity contribution in [1.29, 1.82) is 0 Å². The Morgan fingerprint density at radius 1 is 1.33 bits per heavy atom. The van der Waals surface area contributed by atoms with Crippen LogP contribution in [0.5, 0.6) is 0 Å². The van der Waals surface area contributed by atoms with Gasteiger partial charge in [0.15, 0.2) is 0 Å². The zero-order chi connectivity index (χ0) is 17.1. The first-order valence-corrected chi connectivity index (χ1v) is 7.76. The Kier molecular flexibility index (Phi) is 4.57. The molecule has 124 valence electrons. The van der Waals surface area contributed by atoms with Gasteiger partial charge >= 0.3 is 0 Å². The molecule has 6 heteroatoms. The number of nitrogens with one attached hydrogen (secondary N) is 2. The molecule has 1 heterocycles. The smallest absolute Gasteiger partial charge is 0.251 e. The summed E-state index contributed by atoms with van der Waals surface area (Å²) in [7, 11) is 0. The molecule has 0 aliphatic heterocycles. The van der Waals surface area contributed by atoms with Crippen molar-refractivity contribution in [2.24, 2.45) is 0 Å². The van der Waals surface area contributed by atoms with Gasteiger partial charge in [-0.15, -0.1) is 0 Å². The standard InChI is InChI=1S/C18H18FN3O2/c1-2-14(17(23)12-5-3-4-6-13(12)19)22-18(24)11-7-8-15-16(9-11)21-10-20-15/h3-10,14,17,23H,2H2,1H3,(H,20,21)(H,22,24)/t14-,17-/m0/s1. The normalized spacial score (nSPS) is 13.6. The Labute approximate surface area is 138 Å². The van der Waals surface area contributed by atoms with E-state index >= 15 is 0 Å². The first-order chi connectivity index (χ1) is 11.6. The molecule has 2 atom stereocenters. The van der Waals surface area contributed by atoms with Crippen LogP contribution in [0.25, 0.3) is 11.0 Å². The van der Waals surface area contributed by atoms with Crippen molar-refractivity contribution in [3.05, 3.63) is 65.7 Å². The van der Waals surface area contributed by atoms with Crippen molar-refractivity contribution in [2.45, 2.75) is 25.5 Å². The van der Waals surface area contributed by atoms with Gasteiger partial charge in [0.1, 0.15) is 11.9 Å². The average Bonchev–Trinajstić information content (AvgIpc) is 3.07. The predicted molar refractivity (Wildman–Crippen MR) is 89.0 cm³/mol. The topological polar surface area (TPSA) is 78.0 Å². The van der Waals surface area contributed by atoms with Crippen LogP contribution in [-0.4, -0.2) is 27.0 Å². The second-order valence-corrected chi connectivity index (χ2v) is 5.59. The third-order valence-corrected chi connectivity index (χ3v) is 4.04. The third-order valence-electron chi connectivity index (χ3n) is 4.04. The predicted octanol–water partition coefficient (Wildman–Crippen LogP) is 2.94. The molecule has 2 aromatic carbocycles. The zero-order valence-electron chi connectivity index (χ0n) is 13.2. The lowest BCUT2D eigenvalue weighted by molar-refractivity contribution is 0.0819. The monoisotopic (exact) mass is 327 g/mol. The number of aliphatic hydroxyl groups excluding tert-OH is 1. The molecule has 0 radical (unpaired) electrons. The van der Waals surface area contributed by atoms with Crippen LogP contribution in [0.15, 0.2) is 48.8 Å². The van der Waals surface area contributed by atoms with Crippen molar-refractivity contribution >= 4 is 16.9 Å². The summed E-state index contributed by atoms with van der Waals surface area (Å²) in [5.41, 5.74) is 2.15. The van der Waals surface area contributed by atoms with E-state index in [-0.39, 0.29) is 11.5 Å². The Hall–Kier alpha value is -2.73. The van der Waals surface area contributed by atoms with Gasteiger partial charge in [0.05, 0.1) is 23.4 Å². The highest BCUT2D eigenvalue weighted by atomic mass is 19.1. The minimum atomic E-state index is -1.11. The second-order valence-electron chi connectivity index (χ2n) is 5.59. The van der Waals surface area contributed by atoms with E-state index in [1.807, 2.05) is 6.92 Å². The molecule has 0 bridgehead atoms. The fourth-order valence-corrected chi connectivity index (χ4v) is 2.66. The number of benzene rings is 2. The number of aliphatic hydroxyl groups is 1. The molecule has 5 nitrogen and oxygen atoms in total. The fourth-order valence-electron chi connectivity index (χ4n) is 2.66. The molecular formula is C18H18FN3O2. The molecule has 3 rings (SSSR count). The largest absolute Gasteiger partial charge is 0.386 e. The number of imidazole rings is 1. The first kappa shape index (κ1) is 16.1. The summed E-state index contributed by atoms with van der Waals surface area (Å²) in [6.45, 7) is 1.83. The van der Waals surface area contributed by atoms with Gasteiger partial charge in [-0.25, -0.2) is 9.37 Å². The number of hydrogen-bond acceptors (Lipinski definition) is 3. The number of halogens is 1. The van der Waals surface area contributed by atoms with Gasteiger partial charge in [-0.2, -0.15) is 0 Å². The van der Waals surface area contributed by atoms with Crippen molar-refractivity contribution in [2.75, 3.05) is 0 Å². The minimum absolute atomic E-state index is 0.175. The van der Waals surface area contributed by atoms with Crippen LogP contribution in [-0.2, 0) is 0 Å². The van der Waals surface area contributed by atoms with Crippen molar-refractivity contribution in [1.82, 2.24) is 15.3 Å². The van der Waals surface area contributed by atoms with Gasteiger partial charge in [-0.3, -0.25) is 4.79 Å². The molecule has 0 unspecified atom stereocenters. The van der Waals surface area contributed by atoms with Crippen LogP contribution in [0.3, 0.4) is 0 Å². The van der Waals surface area contributed by atoms with E-state index in [1.54, 1.807) is 36.7 Å². The Morgan fingerprint density at radius 2 is 2.12 bits per heavy atom. The number of fused-ring (bicyclic) bond motifs is 1. The molecule has 0 saturated carbocycles. The molecule has 3 N–H and O–H groups in total. The summed E-state index contributed by atoms with van der Waals surface area (Å²) in [6.07, 6.45) is 0.910. The molecule has 0 aliphatic carbocycles. The van der Waals surface area contributed by atoms with E-state index in [4.69, 9.17) is 0 Å². The molecular weight excluding hydrogens is 309 g/mol. The van der Waals surface area contributed by atoms with E-state index in [9.17, 15) is 14.3 Å². The van der Waals surface area contributed by atoms with Gasteiger partial charge in [-0.1, -0.05) is 25.1 Å². The Bertz CT molecular complexity index is 862. The number of nitrogens with zero attached hydrogens (tertiary/aromatic N) is 1. The highest BCUT2D eigenvalue weighted by Gasteiger charge is 2.24. The highest BCUT2D eigenvalue weighted by Crippen LogP contribution is 2.22. The van der Waals surface area contributed by atoms with Gasteiger partial charge in [0.25, 0.3) is 5.91 Å². The Morgan fingerprint density at radius 3 is 2.88 bits per heavy atom. The maximum atomic E-state index is 13.9. The molecule has 0 fully saturated rings. The number of hydrogen-bond donors (Lipinski definition) is 3. The van der Waals surface area contributed by atoms with Crippen LogP contribution in [0.1, 0.15) is 35.4 Å². The maximum absolute atomic E-state index is 13.9. The van der Waals surface area contributed by atoms with Gasteiger partial charge in [-0.05, 0) is 30.7 Å².